The zero-order valence-electron chi connectivity index (χ0n) is 17.2. The van der Waals surface area contributed by atoms with Crippen molar-refractivity contribution in [2.24, 2.45) is 0 Å². The summed E-state index contributed by atoms with van der Waals surface area (Å²) in [7, 11) is -3.50. The first-order valence-corrected chi connectivity index (χ1v) is 12.7. The summed E-state index contributed by atoms with van der Waals surface area (Å²) in [6.45, 7) is 4.26. The monoisotopic (exact) mass is 457 g/mol. The maximum absolute atomic E-state index is 13.1. The Morgan fingerprint density at radius 3 is 2.71 bits per heavy atom. The van der Waals surface area contributed by atoms with Crippen molar-refractivity contribution < 1.29 is 8.42 Å². The molecule has 162 valence electrons. The molecule has 0 radical (unpaired) electrons. The molecule has 4 heterocycles. The van der Waals surface area contributed by atoms with Gasteiger partial charge in [-0.25, -0.2) is 13.4 Å². The molecule has 0 saturated carbocycles. The highest BCUT2D eigenvalue weighted by atomic mass is 32.2. The van der Waals surface area contributed by atoms with E-state index in [4.69, 9.17) is 4.98 Å². The highest BCUT2D eigenvalue weighted by Crippen LogP contribution is 2.25. The van der Waals surface area contributed by atoms with E-state index in [9.17, 15) is 8.42 Å². The molecule has 0 N–H and O–H groups in total. The summed E-state index contributed by atoms with van der Waals surface area (Å²) in [6.07, 6.45) is 2.91. The molecule has 1 aromatic carbocycles. The third kappa shape index (κ3) is 3.77. The molecule has 1 fully saturated rings. The molecular weight excluding hydrogens is 434 g/mol. The lowest BCUT2D eigenvalue weighted by Gasteiger charge is -2.25. The lowest BCUT2D eigenvalue weighted by atomic mass is 10.2. The molecule has 0 bridgehead atoms. The molecule has 1 saturated heterocycles. The number of benzene rings is 1. The average Bonchev–Trinajstić information content (AvgIpc) is 3.53. The van der Waals surface area contributed by atoms with Crippen molar-refractivity contribution in [2.45, 2.75) is 44.2 Å². The molecule has 0 atom stereocenters. The van der Waals surface area contributed by atoms with Gasteiger partial charge < -0.3 is 4.57 Å². The summed E-state index contributed by atoms with van der Waals surface area (Å²) in [5.74, 6) is 1.35. The van der Waals surface area contributed by atoms with Crippen molar-refractivity contribution in [2.75, 3.05) is 13.1 Å². The highest BCUT2D eigenvalue weighted by Gasteiger charge is 2.26. The molecule has 31 heavy (non-hydrogen) atoms. The number of hydrogen-bond donors (Lipinski definition) is 0. The molecule has 0 amide bonds. The van der Waals surface area contributed by atoms with E-state index in [1.807, 2.05) is 30.5 Å². The summed E-state index contributed by atoms with van der Waals surface area (Å²) in [5, 5.41) is 14.7. The van der Waals surface area contributed by atoms with Crippen LogP contribution in [0.1, 0.15) is 32.0 Å². The SMILES string of the molecule is CCn1c(Cn2nnc(-c3cccs3)n2)nc2cc(S(=O)(=O)N3CCCCC3)ccc21. The molecular formula is C20H23N7O2S2. The minimum Gasteiger partial charge on any atom is -0.327 e. The van der Waals surface area contributed by atoms with E-state index in [0.29, 0.717) is 42.4 Å². The second-order valence-corrected chi connectivity index (χ2v) is 10.4. The minimum absolute atomic E-state index is 0.299. The largest absolute Gasteiger partial charge is 0.327 e. The zero-order valence-corrected chi connectivity index (χ0v) is 18.8. The normalized spacial score (nSPS) is 15.6. The number of hydrogen-bond acceptors (Lipinski definition) is 7. The third-order valence-corrected chi connectivity index (χ3v) is 8.31. The van der Waals surface area contributed by atoms with Gasteiger partial charge >= 0.3 is 0 Å². The summed E-state index contributed by atoms with van der Waals surface area (Å²) < 4.78 is 29.8. The molecule has 4 aromatic rings. The van der Waals surface area contributed by atoms with E-state index in [1.54, 1.807) is 27.8 Å². The lowest BCUT2D eigenvalue weighted by Crippen LogP contribution is -2.35. The summed E-state index contributed by atoms with van der Waals surface area (Å²) in [4.78, 5) is 7.51. The number of nitrogens with zero attached hydrogens (tertiary/aromatic N) is 7. The summed E-state index contributed by atoms with van der Waals surface area (Å²) in [5.41, 5.74) is 1.56. The van der Waals surface area contributed by atoms with Crippen LogP contribution in [0.5, 0.6) is 0 Å². The molecule has 9 nitrogen and oxygen atoms in total. The number of sulfonamides is 1. The molecule has 0 unspecified atom stereocenters. The van der Waals surface area contributed by atoms with Crippen molar-refractivity contribution >= 4 is 32.4 Å². The Labute approximate surface area is 184 Å². The third-order valence-electron chi connectivity index (χ3n) is 5.55. The van der Waals surface area contributed by atoms with Crippen molar-refractivity contribution in [3.05, 3.63) is 41.5 Å². The van der Waals surface area contributed by atoms with Crippen LogP contribution < -0.4 is 0 Å². The standard InChI is InChI=1S/C20H23N7O2S2/c1-2-26-17-9-8-15(31(28,29)25-10-4-3-5-11-25)13-16(17)21-19(26)14-27-23-20(22-24-27)18-7-6-12-30-18/h6-9,12-13H,2-5,10-11,14H2,1H3. The van der Waals surface area contributed by atoms with Gasteiger partial charge in [0, 0.05) is 19.6 Å². The van der Waals surface area contributed by atoms with Gasteiger partial charge in [0.2, 0.25) is 15.8 Å². The first-order chi connectivity index (χ1) is 15.1. The Balaban J connectivity index is 1.47. The summed E-state index contributed by atoms with van der Waals surface area (Å²) in [6, 6.07) is 9.12. The van der Waals surface area contributed by atoms with E-state index >= 15 is 0 Å². The van der Waals surface area contributed by atoms with Gasteiger partial charge in [0.05, 0.1) is 20.8 Å². The number of aryl methyl sites for hydroxylation is 1. The fourth-order valence-corrected chi connectivity index (χ4v) is 6.17. The van der Waals surface area contributed by atoms with Crippen molar-refractivity contribution in [1.82, 2.24) is 34.1 Å². The molecule has 11 heteroatoms. The van der Waals surface area contributed by atoms with Gasteiger partial charge in [0.25, 0.3) is 0 Å². The van der Waals surface area contributed by atoms with Crippen molar-refractivity contribution in [3.8, 4) is 10.7 Å². The number of thiophene rings is 1. The smallest absolute Gasteiger partial charge is 0.243 e. The Morgan fingerprint density at radius 1 is 1.13 bits per heavy atom. The van der Waals surface area contributed by atoms with Crippen LogP contribution in [-0.4, -0.2) is 55.6 Å². The van der Waals surface area contributed by atoms with Gasteiger partial charge in [-0.3, -0.25) is 0 Å². The van der Waals surface area contributed by atoms with Gasteiger partial charge in [0.15, 0.2) is 0 Å². The van der Waals surface area contributed by atoms with E-state index < -0.39 is 10.0 Å². The molecule has 5 rings (SSSR count). The Hall–Kier alpha value is -2.63. The first-order valence-electron chi connectivity index (χ1n) is 10.4. The number of fused-ring (bicyclic) bond motifs is 1. The van der Waals surface area contributed by atoms with E-state index in [2.05, 4.69) is 20.0 Å². The Bertz CT molecular complexity index is 1300. The number of imidazole rings is 1. The van der Waals surface area contributed by atoms with Gasteiger partial charge in [-0.1, -0.05) is 12.5 Å². The van der Waals surface area contributed by atoms with Gasteiger partial charge in [-0.15, -0.1) is 21.5 Å². The number of aromatic nitrogens is 6. The zero-order chi connectivity index (χ0) is 21.4. The second-order valence-electron chi connectivity index (χ2n) is 7.51. The quantitative estimate of drug-likeness (QED) is 0.441. The van der Waals surface area contributed by atoms with E-state index in [-0.39, 0.29) is 0 Å². The average molecular weight is 458 g/mol. The Kier molecular flexibility index (Phi) is 5.32. The number of tetrazole rings is 1. The van der Waals surface area contributed by atoms with Crippen LogP contribution in [0, 0.1) is 0 Å². The fraction of sp³-hybridized carbons (Fsp3) is 0.400. The van der Waals surface area contributed by atoms with Crippen LogP contribution in [0.2, 0.25) is 0 Å². The van der Waals surface area contributed by atoms with Crippen LogP contribution >= 0.6 is 11.3 Å². The Morgan fingerprint density at radius 2 is 1.97 bits per heavy atom. The van der Waals surface area contributed by atoms with Crippen LogP contribution in [0.15, 0.2) is 40.6 Å². The van der Waals surface area contributed by atoms with E-state index in [1.165, 1.54) is 4.80 Å². The number of piperidine rings is 1. The topological polar surface area (TPSA) is 98.8 Å². The molecule has 1 aliphatic heterocycles. The lowest BCUT2D eigenvalue weighted by molar-refractivity contribution is 0.346. The van der Waals surface area contributed by atoms with Gasteiger partial charge in [0.1, 0.15) is 12.4 Å². The fourth-order valence-electron chi connectivity index (χ4n) is 3.99. The first kappa shape index (κ1) is 20.3. The van der Waals surface area contributed by atoms with Crippen LogP contribution in [0.3, 0.4) is 0 Å². The van der Waals surface area contributed by atoms with E-state index in [0.717, 1.165) is 35.5 Å². The van der Waals surface area contributed by atoms with Crippen molar-refractivity contribution in [1.29, 1.82) is 0 Å². The molecule has 0 spiro atoms. The molecule has 1 aliphatic rings. The molecule has 0 aliphatic carbocycles. The predicted molar refractivity (Wildman–Crippen MR) is 118 cm³/mol. The molecule has 3 aromatic heterocycles. The van der Waals surface area contributed by atoms with Gasteiger partial charge in [-0.05, 0) is 54.6 Å². The maximum Gasteiger partial charge on any atom is 0.243 e. The summed E-state index contributed by atoms with van der Waals surface area (Å²) >= 11 is 1.56. The highest BCUT2D eigenvalue weighted by molar-refractivity contribution is 7.89. The number of rotatable bonds is 6. The minimum atomic E-state index is -3.50. The maximum atomic E-state index is 13.1. The van der Waals surface area contributed by atoms with Crippen molar-refractivity contribution in [3.63, 3.8) is 0 Å². The predicted octanol–water partition coefficient (Wildman–Crippen LogP) is 2.99. The second kappa shape index (κ2) is 8.13. The van der Waals surface area contributed by atoms with Gasteiger partial charge in [-0.2, -0.15) is 9.10 Å². The van der Waals surface area contributed by atoms with Crippen LogP contribution in [0.25, 0.3) is 21.7 Å². The van der Waals surface area contributed by atoms with Crippen LogP contribution in [0.4, 0.5) is 0 Å². The van der Waals surface area contributed by atoms with Crippen LogP contribution in [-0.2, 0) is 23.1 Å².